The van der Waals surface area contributed by atoms with Crippen LogP contribution in [0.2, 0.25) is 0 Å². The summed E-state index contributed by atoms with van der Waals surface area (Å²) in [6.45, 7) is 1.54. The second-order valence-electron chi connectivity index (χ2n) is 8.86. The molecule has 2 aliphatic rings. The molecule has 11 heteroatoms. The Morgan fingerprint density at radius 2 is 1.76 bits per heavy atom. The third-order valence-corrected chi connectivity index (χ3v) is 8.66. The molecular formula is C23H25F2N5O3S. The molecule has 0 spiro atoms. The second kappa shape index (κ2) is 9.03. The Bertz CT molecular complexity index is 1320. The number of sulfonamides is 1. The van der Waals surface area contributed by atoms with Crippen molar-refractivity contribution in [1.29, 1.82) is 0 Å². The molecule has 1 aromatic carbocycles. The van der Waals surface area contributed by atoms with Crippen LogP contribution in [0.3, 0.4) is 0 Å². The van der Waals surface area contributed by atoms with Crippen LogP contribution in [-0.2, 0) is 14.8 Å². The molecule has 3 aromatic rings. The normalized spacial score (nSPS) is 20.6. The molecule has 2 fully saturated rings. The van der Waals surface area contributed by atoms with E-state index >= 15 is 0 Å². The van der Waals surface area contributed by atoms with Gasteiger partial charge in [-0.1, -0.05) is 6.07 Å². The second-order valence-corrected chi connectivity index (χ2v) is 10.8. The van der Waals surface area contributed by atoms with Gasteiger partial charge in [0.15, 0.2) is 17.3 Å². The highest BCUT2D eigenvalue weighted by atomic mass is 32.2. The van der Waals surface area contributed by atoms with Crippen LogP contribution in [0, 0.1) is 17.6 Å². The first-order chi connectivity index (χ1) is 16.3. The molecule has 0 aliphatic carbocycles. The van der Waals surface area contributed by atoms with Crippen molar-refractivity contribution in [3.05, 3.63) is 60.1 Å². The van der Waals surface area contributed by atoms with Gasteiger partial charge in [-0.25, -0.2) is 17.2 Å². The van der Waals surface area contributed by atoms with Crippen LogP contribution in [0.25, 0.3) is 5.65 Å². The number of halogens is 2. The smallest absolute Gasteiger partial charge is 0.243 e. The predicted octanol–water partition coefficient (Wildman–Crippen LogP) is 2.81. The zero-order valence-corrected chi connectivity index (χ0v) is 19.3. The van der Waals surface area contributed by atoms with E-state index in [0.717, 1.165) is 36.4 Å². The van der Waals surface area contributed by atoms with Crippen molar-refractivity contribution in [2.45, 2.75) is 36.5 Å². The third kappa shape index (κ3) is 4.18. The summed E-state index contributed by atoms with van der Waals surface area (Å²) in [6.07, 6.45) is 4.48. The number of hydrogen-bond acceptors (Lipinski definition) is 5. The minimum Gasteiger partial charge on any atom is -0.342 e. The Balaban J connectivity index is 1.23. The summed E-state index contributed by atoms with van der Waals surface area (Å²) in [5.74, 6) is -1.60. The number of nitrogens with zero attached hydrogens (tertiary/aromatic N) is 5. The molecule has 2 aliphatic heterocycles. The fourth-order valence-electron chi connectivity index (χ4n) is 4.91. The van der Waals surface area contributed by atoms with Gasteiger partial charge in [-0.3, -0.25) is 9.20 Å². The summed E-state index contributed by atoms with van der Waals surface area (Å²) < 4.78 is 55.6. The molecule has 34 heavy (non-hydrogen) atoms. The quantitative estimate of drug-likeness (QED) is 0.563. The number of amides is 1. The number of hydrogen-bond donors (Lipinski definition) is 0. The number of benzene rings is 1. The number of carbonyl (C=O) groups excluding carboxylic acids is 1. The Morgan fingerprint density at radius 1 is 0.971 bits per heavy atom. The molecule has 180 valence electrons. The van der Waals surface area contributed by atoms with Gasteiger partial charge in [0.25, 0.3) is 0 Å². The zero-order chi connectivity index (χ0) is 23.9. The Labute approximate surface area is 196 Å². The average Bonchev–Trinajstić information content (AvgIpc) is 3.29. The lowest BCUT2D eigenvalue weighted by atomic mass is 9.92. The molecule has 5 rings (SSSR count). The number of aromatic nitrogens is 3. The van der Waals surface area contributed by atoms with Crippen LogP contribution >= 0.6 is 0 Å². The Hall–Kier alpha value is -2.92. The van der Waals surface area contributed by atoms with Crippen LogP contribution in [0.15, 0.2) is 47.5 Å². The minimum atomic E-state index is -3.95. The van der Waals surface area contributed by atoms with E-state index in [1.165, 1.54) is 4.31 Å². The number of piperidine rings is 2. The molecule has 8 nitrogen and oxygen atoms in total. The Morgan fingerprint density at radius 3 is 2.53 bits per heavy atom. The maximum Gasteiger partial charge on any atom is 0.243 e. The van der Waals surface area contributed by atoms with Gasteiger partial charge in [0.1, 0.15) is 5.82 Å². The van der Waals surface area contributed by atoms with Gasteiger partial charge in [-0.05, 0) is 56.0 Å². The molecule has 0 saturated carbocycles. The van der Waals surface area contributed by atoms with Gasteiger partial charge < -0.3 is 4.90 Å². The van der Waals surface area contributed by atoms with E-state index in [2.05, 4.69) is 10.2 Å². The first-order valence-corrected chi connectivity index (χ1v) is 12.8. The standard InChI is InChI=1S/C23H25F2N5O3S/c24-19-7-6-18(14-20(19)25)34(32,33)29-12-8-16(9-13-29)23(31)28-10-3-4-17(15-28)22-27-26-21-5-1-2-11-30(21)22/h1-2,5-7,11,14,16-17H,3-4,8-10,12-13,15H2. The van der Waals surface area contributed by atoms with Crippen LogP contribution in [-0.4, -0.2) is 64.3 Å². The summed E-state index contributed by atoms with van der Waals surface area (Å²) in [4.78, 5) is 14.8. The van der Waals surface area contributed by atoms with E-state index in [-0.39, 0.29) is 35.7 Å². The highest BCUT2D eigenvalue weighted by molar-refractivity contribution is 7.89. The summed E-state index contributed by atoms with van der Waals surface area (Å²) in [5, 5.41) is 8.58. The SMILES string of the molecule is O=C(C1CCN(S(=O)(=O)c2ccc(F)c(F)c2)CC1)N1CCCC(c2nnc3ccccn23)C1. The van der Waals surface area contributed by atoms with Crippen molar-refractivity contribution < 1.29 is 22.0 Å². The van der Waals surface area contributed by atoms with Crippen LogP contribution < -0.4 is 0 Å². The molecule has 1 atom stereocenters. The summed E-state index contributed by atoms with van der Waals surface area (Å²) in [5.41, 5.74) is 0.774. The summed E-state index contributed by atoms with van der Waals surface area (Å²) >= 11 is 0. The van der Waals surface area contributed by atoms with Gasteiger partial charge in [0.05, 0.1) is 4.90 Å². The summed E-state index contributed by atoms with van der Waals surface area (Å²) in [6, 6.07) is 8.29. The van der Waals surface area contributed by atoms with E-state index in [4.69, 9.17) is 0 Å². The van der Waals surface area contributed by atoms with Crippen molar-refractivity contribution in [2.24, 2.45) is 5.92 Å². The van der Waals surface area contributed by atoms with Crippen molar-refractivity contribution in [2.75, 3.05) is 26.2 Å². The van der Waals surface area contributed by atoms with Gasteiger partial charge in [-0.2, -0.15) is 4.31 Å². The highest BCUT2D eigenvalue weighted by Gasteiger charge is 2.36. The largest absolute Gasteiger partial charge is 0.342 e. The van der Waals surface area contributed by atoms with E-state index in [9.17, 15) is 22.0 Å². The molecule has 1 amide bonds. The number of pyridine rings is 1. The van der Waals surface area contributed by atoms with E-state index < -0.39 is 21.7 Å². The highest BCUT2D eigenvalue weighted by Crippen LogP contribution is 2.30. The number of fused-ring (bicyclic) bond motifs is 1. The van der Waals surface area contributed by atoms with E-state index in [1.807, 2.05) is 33.7 Å². The first-order valence-electron chi connectivity index (χ1n) is 11.4. The van der Waals surface area contributed by atoms with Gasteiger partial charge in [0.2, 0.25) is 15.9 Å². The molecular weight excluding hydrogens is 464 g/mol. The van der Waals surface area contributed by atoms with Gasteiger partial charge in [-0.15, -0.1) is 10.2 Å². The van der Waals surface area contributed by atoms with Crippen LogP contribution in [0.4, 0.5) is 8.78 Å². The number of carbonyl (C=O) groups is 1. The maximum absolute atomic E-state index is 13.6. The van der Waals surface area contributed by atoms with Crippen LogP contribution in [0.5, 0.6) is 0 Å². The molecule has 0 bridgehead atoms. The molecule has 2 aromatic heterocycles. The molecule has 0 N–H and O–H groups in total. The minimum absolute atomic E-state index is 0.0309. The number of rotatable bonds is 4. The maximum atomic E-state index is 13.6. The van der Waals surface area contributed by atoms with Crippen molar-refractivity contribution in [1.82, 2.24) is 23.8 Å². The lowest BCUT2D eigenvalue weighted by Gasteiger charge is -2.37. The molecule has 2 saturated heterocycles. The summed E-state index contributed by atoms with van der Waals surface area (Å²) in [7, 11) is -3.95. The van der Waals surface area contributed by atoms with Gasteiger partial charge in [0, 0.05) is 44.2 Å². The van der Waals surface area contributed by atoms with E-state index in [1.54, 1.807) is 0 Å². The number of likely N-dealkylation sites (tertiary alicyclic amines) is 1. The fourth-order valence-corrected chi connectivity index (χ4v) is 6.40. The zero-order valence-electron chi connectivity index (χ0n) is 18.5. The van der Waals surface area contributed by atoms with E-state index in [0.29, 0.717) is 32.0 Å². The monoisotopic (exact) mass is 489 g/mol. The Kier molecular flexibility index (Phi) is 6.07. The van der Waals surface area contributed by atoms with Crippen molar-refractivity contribution >= 4 is 21.6 Å². The molecule has 4 heterocycles. The van der Waals surface area contributed by atoms with Gasteiger partial charge >= 0.3 is 0 Å². The van der Waals surface area contributed by atoms with Crippen molar-refractivity contribution in [3.63, 3.8) is 0 Å². The van der Waals surface area contributed by atoms with Crippen LogP contribution in [0.1, 0.15) is 37.4 Å². The first kappa shape index (κ1) is 22.9. The lowest BCUT2D eigenvalue weighted by molar-refractivity contribution is -0.138. The lowest BCUT2D eigenvalue weighted by Crippen LogP contribution is -2.47. The average molecular weight is 490 g/mol. The predicted molar refractivity (Wildman–Crippen MR) is 119 cm³/mol. The fraction of sp³-hybridized carbons (Fsp3) is 0.435. The molecule has 1 unspecified atom stereocenters. The molecule has 0 radical (unpaired) electrons. The topological polar surface area (TPSA) is 87.9 Å². The van der Waals surface area contributed by atoms with Crippen molar-refractivity contribution in [3.8, 4) is 0 Å². The third-order valence-electron chi connectivity index (χ3n) is 6.77.